The summed E-state index contributed by atoms with van der Waals surface area (Å²) < 4.78 is 13.8. The minimum absolute atomic E-state index is 0. The zero-order chi connectivity index (χ0) is 67.6. The predicted octanol–water partition coefficient (Wildman–Crippen LogP) is 25.7. The second-order valence-electron chi connectivity index (χ2n) is 28.0. The van der Waals surface area contributed by atoms with Crippen LogP contribution < -0.4 is 0 Å². The number of benzene rings is 12. The number of aromatic nitrogens is 3. The van der Waals surface area contributed by atoms with Crippen molar-refractivity contribution < 1.29 is 28.9 Å². The maximum Gasteiger partial charge on any atom is 3.00 e. The van der Waals surface area contributed by atoms with E-state index in [0.717, 1.165) is 178 Å². The largest absolute Gasteiger partial charge is 3.00 e. The summed E-state index contributed by atoms with van der Waals surface area (Å²) in [6, 6.07) is 113. The number of pyridine rings is 3. The van der Waals surface area contributed by atoms with E-state index < -0.39 is 0 Å². The van der Waals surface area contributed by atoms with E-state index >= 15 is 0 Å². The molecule has 0 N–H and O–H groups in total. The van der Waals surface area contributed by atoms with Crippen molar-refractivity contribution in [3.8, 4) is 134 Å². The second kappa shape index (κ2) is 26.2. The Balaban J connectivity index is 0.00000792. The van der Waals surface area contributed by atoms with Gasteiger partial charge < -0.3 is 23.8 Å². The van der Waals surface area contributed by atoms with E-state index in [4.69, 9.17) is 23.8 Å². The standard InChI is InChI=1S/C95H68N3O2.Ir/c1-94(2,3)67-47-50-97-88(58-67)62-42-45-76(85(56-62)82-36-22-34-80-78-32-16-18-39-90(78)99-92(80)82)73-30-14-11-27-70(73)65-52-64(69-26-10-13-29-72(69)75-44-41-61(87-38-20-21-49-96-87)55-84(75)60-24-8-7-9-25-60)53-66(54-65)71-28-12-15-31-74(71)77-46-43-63(89-59-68(48-51-98-89)95(4,5)6)57-86(77)83-37-23-35-81-79-33-17-19-40-91(79)100-93(81)83;/h7-40,44-59H,1-6H3;/q-3;+3. The van der Waals surface area contributed by atoms with Crippen LogP contribution in [0.3, 0.4) is 0 Å². The molecule has 17 rings (SSSR count). The van der Waals surface area contributed by atoms with Crippen LogP contribution in [0.2, 0.25) is 0 Å². The normalized spacial score (nSPS) is 11.8. The number of fused-ring (bicyclic) bond motifs is 6. The molecule has 0 amide bonds. The fourth-order valence-electron chi connectivity index (χ4n) is 14.4. The summed E-state index contributed by atoms with van der Waals surface area (Å²) in [6.45, 7) is 13.5. The Bertz CT molecular complexity index is 5730. The Morgan fingerprint density at radius 1 is 0.257 bits per heavy atom. The second-order valence-corrected chi connectivity index (χ2v) is 28.0. The molecule has 5 nitrogen and oxygen atoms in total. The van der Waals surface area contributed by atoms with E-state index in [-0.39, 0.29) is 30.9 Å². The summed E-state index contributed by atoms with van der Waals surface area (Å²) in [7, 11) is 0. The number of furan rings is 2. The molecule has 0 aliphatic heterocycles. The smallest absolute Gasteiger partial charge is 0.455 e. The number of hydrogen-bond donors (Lipinski definition) is 0. The summed E-state index contributed by atoms with van der Waals surface area (Å²) in [6.07, 6.45) is 5.69. The average Bonchev–Trinajstić information content (AvgIpc) is 1.74. The fraction of sp³-hybridized carbons (Fsp3) is 0.0842. The Morgan fingerprint density at radius 3 is 1.05 bits per heavy atom. The summed E-state index contributed by atoms with van der Waals surface area (Å²) in [5.74, 6) is 0. The van der Waals surface area contributed by atoms with Crippen molar-refractivity contribution in [2.24, 2.45) is 0 Å². The van der Waals surface area contributed by atoms with Gasteiger partial charge in [0, 0.05) is 51.3 Å². The van der Waals surface area contributed by atoms with Gasteiger partial charge in [-0.25, -0.2) is 0 Å². The van der Waals surface area contributed by atoms with Crippen molar-refractivity contribution in [3.63, 3.8) is 0 Å². The van der Waals surface area contributed by atoms with Gasteiger partial charge in [0.25, 0.3) is 0 Å². The van der Waals surface area contributed by atoms with E-state index in [1.54, 1.807) is 0 Å². The zero-order valence-electron chi connectivity index (χ0n) is 56.9. The van der Waals surface area contributed by atoms with Gasteiger partial charge in [0.2, 0.25) is 0 Å². The summed E-state index contributed by atoms with van der Waals surface area (Å²) in [5.41, 5.74) is 29.5. The van der Waals surface area contributed by atoms with Crippen LogP contribution in [-0.2, 0) is 30.9 Å². The van der Waals surface area contributed by atoms with E-state index in [1.807, 2.05) is 48.9 Å². The van der Waals surface area contributed by atoms with Crippen LogP contribution in [0.25, 0.3) is 178 Å². The van der Waals surface area contributed by atoms with Crippen molar-refractivity contribution in [3.05, 3.63) is 333 Å². The SMILES string of the molecule is CC(C)(C)c1ccnc(-c2[c-]cc(-c3ccccc3-c3cc(-c4ccccc4-c4c[c-]c(-c5ccccn5)cc4-c4ccccc4)cc(-c4ccccc4-c4c[c-]c(-c5cc(C(C)(C)C)ccn5)cc4-c4cccc5c4oc4ccccc45)c3)c(-c3cccc4c3oc3ccccc34)c2)c1.[Ir+3]. The molecule has 12 aromatic carbocycles. The van der Waals surface area contributed by atoms with Gasteiger partial charge in [-0.05, 0) is 127 Å². The molecule has 0 bridgehead atoms. The van der Waals surface area contributed by atoms with Crippen molar-refractivity contribution in [1.82, 2.24) is 15.0 Å². The first-order chi connectivity index (χ1) is 48.8. The molecule has 0 atom stereocenters. The van der Waals surface area contributed by atoms with Gasteiger partial charge in [0.05, 0.1) is 0 Å². The number of hydrogen-bond acceptors (Lipinski definition) is 5. The molecule has 0 aliphatic rings. The van der Waals surface area contributed by atoms with Crippen LogP contribution in [0.5, 0.6) is 0 Å². The van der Waals surface area contributed by atoms with Crippen molar-refractivity contribution in [2.45, 2.75) is 52.4 Å². The molecule has 0 aliphatic carbocycles. The molecule has 5 heterocycles. The topological polar surface area (TPSA) is 65.0 Å². The van der Waals surface area contributed by atoms with Gasteiger partial charge in [-0.2, -0.15) is 0 Å². The first kappa shape index (κ1) is 64.0. The molecule has 0 radical (unpaired) electrons. The third-order valence-corrected chi connectivity index (χ3v) is 19.6. The third-order valence-electron chi connectivity index (χ3n) is 19.6. The quantitative estimate of drug-likeness (QED) is 0.114. The predicted molar refractivity (Wildman–Crippen MR) is 414 cm³/mol. The first-order valence-corrected chi connectivity index (χ1v) is 34.2. The van der Waals surface area contributed by atoms with Crippen molar-refractivity contribution >= 4 is 43.9 Å². The third kappa shape index (κ3) is 12.0. The van der Waals surface area contributed by atoms with Gasteiger partial charge in [-0.3, -0.25) is 0 Å². The molecule has 0 unspecified atom stereocenters. The molecular formula is C95H68IrN3O2. The van der Waals surface area contributed by atoms with Crippen LogP contribution in [0.1, 0.15) is 52.7 Å². The van der Waals surface area contributed by atoms with E-state index in [2.05, 4.69) is 315 Å². The van der Waals surface area contributed by atoms with Crippen LogP contribution in [0.15, 0.2) is 313 Å². The maximum atomic E-state index is 6.92. The summed E-state index contributed by atoms with van der Waals surface area (Å²) in [4.78, 5) is 14.8. The fourth-order valence-corrected chi connectivity index (χ4v) is 14.4. The van der Waals surface area contributed by atoms with Crippen molar-refractivity contribution in [1.29, 1.82) is 0 Å². The molecular weight excluding hydrogens is 1410 g/mol. The van der Waals surface area contributed by atoms with Gasteiger partial charge in [-0.1, -0.05) is 292 Å². The summed E-state index contributed by atoms with van der Waals surface area (Å²) in [5, 5.41) is 4.25. The van der Waals surface area contributed by atoms with Crippen LogP contribution in [0.4, 0.5) is 0 Å². The Hall–Kier alpha value is -11.7. The molecule has 6 heteroatoms. The number of rotatable bonds is 12. The monoisotopic (exact) mass is 1480 g/mol. The molecule has 0 saturated carbocycles. The van der Waals surface area contributed by atoms with E-state index in [9.17, 15) is 0 Å². The number of para-hydroxylation sites is 4. The molecule has 0 saturated heterocycles. The maximum absolute atomic E-state index is 6.92. The minimum atomic E-state index is -0.0899. The summed E-state index contributed by atoms with van der Waals surface area (Å²) >= 11 is 0. The molecule has 17 aromatic rings. The average molecular weight is 1480 g/mol. The first-order valence-electron chi connectivity index (χ1n) is 34.2. The molecule has 101 heavy (non-hydrogen) atoms. The van der Waals surface area contributed by atoms with Crippen LogP contribution in [0, 0.1) is 18.2 Å². The van der Waals surface area contributed by atoms with Gasteiger partial charge in [0.15, 0.2) is 0 Å². The van der Waals surface area contributed by atoms with Crippen LogP contribution in [-0.4, -0.2) is 15.0 Å². The Kier molecular flexibility index (Phi) is 16.6. The minimum Gasteiger partial charge on any atom is -0.455 e. The number of nitrogens with zero attached hydrogens (tertiary/aromatic N) is 3. The van der Waals surface area contributed by atoms with Gasteiger partial charge >= 0.3 is 20.1 Å². The molecule has 484 valence electrons. The molecule has 0 fully saturated rings. The zero-order valence-corrected chi connectivity index (χ0v) is 59.3. The van der Waals surface area contributed by atoms with E-state index in [1.165, 1.54) is 11.1 Å². The molecule has 0 spiro atoms. The Labute approximate surface area is 602 Å². The Morgan fingerprint density at radius 2 is 0.614 bits per heavy atom. The van der Waals surface area contributed by atoms with Gasteiger partial charge in [-0.15, -0.1) is 71.3 Å². The van der Waals surface area contributed by atoms with E-state index in [0.29, 0.717) is 0 Å². The van der Waals surface area contributed by atoms with Gasteiger partial charge in [0.1, 0.15) is 22.3 Å². The molecule has 5 aromatic heterocycles. The van der Waals surface area contributed by atoms with Crippen LogP contribution >= 0.6 is 0 Å². The van der Waals surface area contributed by atoms with Crippen molar-refractivity contribution in [2.75, 3.05) is 0 Å².